The zero-order valence-electron chi connectivity index (χ0n) is 13.7. The van der Waals surface area contributed by atoms with E-state index in [9.17, 15) is 9.59 Å². The number of furan rings is 1. The van der Waals surface area contributed by atoms with Gasteiger partial charge in [0, 0.05) is 13.1 Å². The Kier molecular flexibility index (Phi) is 6.46. The fourth-order valence-corrected chi connectivity index (χ4v) is 2.42. The second-order valence-electron chi connectivity index (χ2n) is 6.03. The predicted molar refractivity (Wildman–Crippen MR) is 84.7 cm³/mol. The van der Waals surface area contributed by atoms with Crippen LogP contribution >= 0.6 is 0 Å². The van der Waals surface area contributed by atoms with Crippen molar-refractivity contribution in [2.75, 3.05) is 26.3 Å². The van der Waals surface area contributed by atoms with Gasteiger partial charge in [0.2, 0.25) is 5.91 Å². The molecule has 1 aromatic heterocycles. The van der Waals surface area contributed by atoms with Gasteiger partial charge in [-0.1, -0.05) is 13.8 Å². The highest BCUT2D eigenvalue weighted by atomic mass is 16.5. The van der Waals surface area contributed by atoms with Gasteiger partial charge in [0.15, 0.2) is 0 Å². The molecule has 0 bridgehead atoms. The largest absolute Gasteiger partial charge is 0.467 e. The summed E-state index contributed by atoms with van der Waals surface area (Å²) in [5, 5.41) is 5.64. The molecule has 0 saturated carbocycles. The first-order chi connectivity index (χ1) is 11.1. The van der Waals surface area contributed by atoms with E-state index in [2.05, 4.69) is 10.6 Å². The van der Waals surface area contributed by atoms with Crippen molar-refractivity contribution < 1.29 is 18.7 Å². The third-order valence-electron chi connectivity index (χ3n) is 3.64. The summed E-state index contributed by atoms with van der Waals surface area (Å²) in [5.41, 5.74) is 0. The fraction of sp³-hybridized carbons (Fsp3) is 0.625. The number of ether oxygens (including phenoxy) is 1. The normalized spacial score (nSPS) is 16.2. The second kappa shape index (κ2) is 8.57. The molecule has 2 N–H and O–H groups in total. The molecule has 2 rings (SSSR count). The van der Waals surface area contributed by atoms with Crippen LogP contribution in [-0.4, -0.2) is 49.2 Å². The smallest absolute Gasteiger partial charge is 0.318 e. The number of carbonyl (C=O) groups is 2. The van der Waals surface area contributed by atoms with E-state index in [1.54, 1.807) is 23.3 Å². The Morgan fingerprint density at radius 2 is 2.04 bits per heavy atom. The van der Waals surface area contributed by atoms with Crippen molar-refractivity contribution in [1.82, 2.24) is 15.5 Å². The van der Waals surface area contributed by atoms with Crippen LogP contribution in [0, 0.1) is 5.92 Å². The lowest BCUT2D eigenvalue weighted by molar-refractivity contribution is -0.123. The number of hydrogen-bond donors (Lipinski definition) is 2. The average molecular weight is 323 g/mol. The molecule has 1 saturated heterocycles. The van der Waals surface area contributed by atoms with Crippen molar-refractivity contribution in [1.29, 1.82) is 0 Å². The van der Waals surface area contributed by atoms with Crippen molar-refractivity contribution >= 4 is 11.9 Å². The summed E-state index contributed by atoms with van der Waals surface area (Å²) < 4.78 is 10.4. The third kappa shape index (κ3) is 5.59. The van der Waals surface area contributed by atoms with E-state index in [4.69, 9.17) is 9.15 Å². The van der Waals surface area contributed by atoms with Crippen molar-refractivity contribution in [3.05, 3.63) is 24.2 Å². The summed E-state index contributed by atoms with van der Waals surface area (Å²) >= 11 is 0. The minimum atomic E-state index is -0.555. The van der Waals surface area contributed by atoms with Gasteiger partial charge >= 0.3 is 6.03 Å². The summed E-state index contributed by atoms with van der Waals surface area (Å²) in [6.07, 6.45) is 2.15. The first-order valence-corrected chi connectivity index (χ1v) is 7.99. The van der Waals surface area contributed by atoms with Crippen LogP contribution in [0.3, 0.4) is 0 Å². The lowest BCUT2D eigenvalue weighted by Gasteiger charge is -2.29. The Morgan fingerprint density at radius 3 is 2.65 bits per heavy atom. The van der Waals surface area contributed by atoms with Gasteiger partial charge in [-0.3, -0.25) is 4.79 Å². The van der Waals surface area contributed by atoms with Crippen LogP contribution in [0.4, 0.5) is 4.79 Å². The van der Waals surface area contributed by atoms with E-state index in [1.165, 1.54) is 0 Å². The van der Waals surface area contributed by atoms with Gasteiger partial charge in [-0.05, 0) is 24.5 Å². The van der Waals surface area contributed by atoms with Crippen molar-refractivity contribution in [2.45, 2.75) is 32.9 Å². The Bertz CT molecular complexity index is 495. The van der Waals surface area contributed by atoms with E-state index in [0.717, 1.165) is 0 Å². The van der Waals surface area contributed by atoms with Crippen LogP contribution in [0.15, 0.2) is 22.8 Å². The molecule has 1 aromatic rings. The van der Waals surface area contributed by atoms with Crippen LogP contribution in [0.2, 0.25) is 0 Å². The first-order valence-electron chi connectivity index (χ1n) is 7.99. The van der Waals surface area contributed by atoms with Crippen molar-refractivity contribution in [3.63, 3.8) is 0 Å². The Morgan fingerprint density at radius 1 is 1.30 bits per heavy atom. The topological polar surface area (TPSA) is 83.8 Å². The van der Waals surface area contributed by atoms with Gasteiger partial charge in [-0.15, -0.1) is 0 Å². The molecule has 128 valence electrons. The maximum Gasteiger partial charge on any atom is 0.318 e. The van der Waals surface area contributed by atoms with Gasteiger partial charge in [-0.2, -0.15) is 0 Å². The second-order valence-corrected chi connectivity index (χ2v) is 6.03. The fourth-order valence-electron chi connectivity index (χ4n) is 2.42. The summed E-state index contributed by atoms with van der Waals surface area (Å²) in [7, 11) is 0. The Hall–Kier alpha value is -2.02. The van der Waals surface area contributed by atoms with Crippen LogP contribution in [-0.2, 0) is 16.1 Å². The molecule has 0 aliphatic carbocycles. The highest BCUT2D eigenvalue weighted by Gasteiger charge is 2.25. The highest BCUT2D eigenvalue weighted by molar-refractivity contribution is 5.87. The zero-order chi connectivity index (χ0) is 16.7. The summed E-state index contributed by atoms with van der Waals surface area (Å²) in [6.45, 7) is 6.53. The summed E-state index contributed by atoms with van der Waals surface area (Å²) in [5.74, 6) is 0.775. The minimum absolute atomic E-state index is 0.197. The molecule has 1 aliphatic rings. The lowest BCUT2D eigenvalue weighted by atomic mass is 10.0. The van der Waals surface area contributed by atoms with Crippen LogP contribution in [0.25, 0.3) is 0 Å². The molecule has 3 amide bonds. The zero-order valence-corrected chi connectivity index (χ0v) is 13.7. The Labute approximate surface area is 136 Å². The summed E-state index contributed by atoms with van der Waals surface area (Å²) in [4.78, 5) is 26.3. The van der Waals surface area contributed by atoms with E-state index < -0.39 is 6.04 Å². The van der Waals surface area contributed by atoms with Crippen LogP contribution in [0.1, 0.15) is 26.0 Å². The minimum Gasteiger partial charge on any atom is -0.467 e. The molecule has 7 nitrogen and oxygen atoms in total. The number of urea groups is 1. The molecule has 23 heavy (non-hydrogen) atoms. The number of amides is 3. The lowest BCUT2D eigenvalue weighted by Crippen LogP contribution is -2.53. The quantitative estimate of drug-likeness (QED) is 0.828. The number of nitrogens with zero attached hydrogens (tertiary/aromatic N) is 1. The van der Waals surface area contributed by atoms with Crippen molar-refractivity contribution in [3.8, 4) is 0 Å². The van der Waals surface area contributed by atoms with E-state index in [-0.39, 0.29) is 11.9 Å². The molecule has 0 aromatic carbocycles. The average Bonchev–Trinajstić information content (AvgIpc) is 3.05. The molecule has 0 unspecified atom stereocenters. The molecule has 1 aliphatic heterocycles. The van der Waals surface area contributed by atoms with Gasteiger partial charge in [0.1, 0.15) is 11.8 Å². The molecule has 0 spiro atoms. The molecular formula is C16H25N3O4. The molecule has 2 heterocycles. The third-order valence-corrected chi connectivity index (χ3v) is 3.64. The first kappa shape index (κ1) is 17.3. The number of morpholine rings is 1. The molecule has 1 atom stereocenters. The van der Waals surface area contributed by atoms with Gasteiger partial charge in [0.25, 0.3) is 0 Å². The molecule has 1 fully saturated rings. The summed E-state index contributed by atoms with van der Waals surface area (Å²) in [6, 6.07) is 2.80. The molecular weight excluding hydrogens is 298 g/mol. The monoisotopic (exact) mass is 323 g/mol. The number of hydrogen-bond acceptors (Lipinski definition) is 4. The van der Waals surface area contributed by atoms with Gasteiger partial charge in [0.05, 0.1) is 26.0 Å². The number of carbonyl (C=O) groups excluding carboxylic acids is 2. The van der Waals surface area contributed by atoms with E-state index in [1.807, 2.05) is 13.8 Å². The standard InChI is InChI=1S/C16H25N3O4/c1-12(2)10-14(15(20)17-11-13-4-3-7-23-13)18-16(21)19-5-8-22-9-6-19/h3-4,7,12,14H,5-6,8-11H2,1-2H3,(H,17,20)(H,18,21)/t14-/m1/s1. The maximum absolute atomic E-state index is 12.4. The van der Waals surface area contributed by atoms with Crippen LogP contribution < -0.4 is 10.6 Å². The van der Waals surface area contributed by atoms with Gasteiger partial charge < -0.3 is 24.7 Å². The van der Waals surface area contributed by atoms with Crippen LogP contribution in [0.5, 0.6) is 0 Å². The van der Waals surface area contributed by atoms with E-state index in [0.29, 0.717) is 50.9 Å². The predicted octanol–water partition coefficient (Wildman–Crippen LogP) is 1.35. The maximum atomic E-state index is 12.4. The number of nitrogens with one attached hydrogen (secondary N) is 2. The highest BCUT2D eigenvalue weighted by Crippen LogP contribution is 2.07. The van der Waals surface area contributed by atoms with E-state index >= 15 is 0 Å². The van der Waals surface area contributed by atoms with Gasteiger partial charge in [-0.25, -0.2) is 4.79 Å². The van der Waals surface area contributed by atoms with Crippen molar-refractivity contribution in [2.24, 2.45) is 5.92 Å². The molecule has 7 heteroatoms. The number of rotatable bonds is 6. The Balaban J connectivity index is 1.89. The molecule has 0 radical (unpaired) electrons. The SMILES string of the molecule is CC(C)C[C@@H](NC(=O)N1CCOCC1)C(=O)NCc1ccco1.